The van der Waals surface area contributed by atoms with Crippen molar-refractivity contribution in [2.24, 2.45) is 5.10 Å². The normalized spacial score (nSPS) is 11.5. The van der Waals surface area contributed by atoms with Crippen molar-refractivity contribution in [2.45, 2.75) is 17.8 Å². The van der Waals surface area contributed by atoms with Crippen LogP contribution in [-0.2, 0) is 5.75 Å². The number of rotatable bonds is 6. The van der Waals surface area contributed by atoms with Crippen molar-refractivity contribution in [3.8, 4) is 0 Å². The zero-order chi connectivity index (χ0) is 16.8. The molecule has 24 heavy (non-hydrogen) atoms. The van der Waals surface area contributed by atoms with E-state index in [1.165, 1.54) is 23.9 Å². The fraction of sp³-hybridized carbons (Fsp3) is 0.125. The summed E-state index contributed by atoms with van der Waals surface area (Å²) in [6, 6.07) is 12.0. The minimum absolute atomic E-state index is 0.241. The van der Waals surface area contributed by atoms with E-state index < -0.39 is 0 Å². The number of aromatic nitrogens is 4. The lowest BCUT2D eigenvalue weighted by atomic mass is 10.2. The molecule has 2 N–H and O–H groups in total. The summed E-state index contributed by atoms with van der Waals surface area (Å²) in [6.07, 6.45) is 1.72. The first-order chi connectivity index (χ1) is 11.7. The van der Waals surface area contributed by atoms with Crippen molar-refractivity contribution in [3.63, 3.8) is 0 Å². The lowest BCUT2D eigenvalue weighted by Gasteiger charge is -1.99. The second-order valence-corrected chi connectivity index (χ2v) is 5.85. The van der Waals surface area contributed by atoms with Crippen LogP contribution >= 0.6 is 11.8 Å². The Bertz CT molecular complexity index is 816. The van der Waals surface area contributed by atoms with E-state index in [1.807, 2.05) is 25.1 Å². The molecule has 0 aliphatic carbocycles. The van der Waals surface area contributed by atoms with Gasteiger partial charge in [-0.15, -0.1) is 5.10 Å². The number of H-pyrrole nitrogens is 1. The van der Waals surface area contributed by atoms with Crippen LogP contribution in [0.1, 0.15) is 18.2 Å². The molecular formula is C16H15FN6S. The van der Waals surface area contributed by atoms with E-state index in [0.29, 0.717) is 16.9 Å². The van der Waals surface area contributed by atoms with Crippen LogP contribution in [0.4, 0.5) is 10.3 Å². The van der Waals surface area contributed by atoms with Crippen LogP contribution in [0.3, 0.4) is 0 Å². The average molecular weight is 342 g/mol. The number of hydrogen-bond acceptors (Lipinski definition) is 6. The average Bonchev–Trinajstić information content (AvgIpc) is 3.08. The van der Waals surface area contributed by atoms with E-state index in [9.17, 15) is 4.39 Å². The van der Waals surface area contributed by atoms with Crippen molar-refractivity contribution >= 4 is 23.4 Å². The van der Waals surface area contributed by atoms with Gasteiger partial charge in [0.05, 0.1) is 11.4 Å². The monoisotopic (exact) mass is 342 g/mol. The van der Waals surface area contributed by atoms with Gasteiger partial charge in [0.15, 0.2) is 0 Å². The topological polar surface area (TPSA) is 78.9 Å². The molecule has 0 spiro atoms. The van der Waals surface area contributed by atoms with Gasteiger partial charge in [0.2, 0.25) is 11.1 Å². The Labute approximate surface area is 142 Å². The number of nitrogens with zero attached hydrogens (tertiary/aromatic N) is 4. The van der Waals surface area contributed by atoms with Crippen LogP contribution < -0.4 is 5.43 Å². The first-order valence-corrected chi connectivity index (χ1v) is 8.20. The number of pyridine rings is 1. The highest BCUT2D eigenvalue weighted by Gasteiger charge is 2.05. The lowest BCUT2D eigenvalue weighted by molar-refractivity contribution is 0.627. The van der Waals surface area contributed by atoms with Gasteiger partial charge in [0.1, 0.15) is 5.82 Å². The number of hydrazone groups is 1. The number of thioether (sulfide) groups is 1. The van der Waals surface area contributed by atoms with Gasteiger partial charge in [-0.05, 0) is 36.8 Å². The van der Waals surface area contributed by atoms with Gasteiger partial charge in [-0.2, -0.15) is 10.1 Å². The predicted octanol–water partition coefficient (Wildman–Crippen LogP) is 3.47. The Morgan fingerprint density at radius 3 is 2.83 bits per heavy atom. The highest BCUT2D eigenvalue weighted by Crippen LogP contribution is 2.20. The second-order valence-electron chi connectivity index (χ2n) is 4.91. The molecule has 0 atom stereocenters. The highest BCUT2D eigenvalue weighted by atomic mass is 32.2. The quantitative estimate of drug-likeness (QED) is 0.407. The summed E-state index contributed by atoms with van der Waals surface area (Å²) in [5.74, 6) is 0.870. The summed E-state index contributed by atoms with van der Waals surface area (Å²) in [5.41, 5.74) is 5.36. The molecule has 122 valence electrons. The van der Waals surface area contributed by atoms with Gasteiger partial charge in [0, 0.05) is 11.9 Å². The minimum atomic E-state index is -0.241. The first-order valence-electron chi connectivity index (χ1n) is 7.22. The molecule has 1 aromatic carbocycles. The van der Waals surface area contributed by atoms with Crippen LogP contribution in [-0.4, -0.2) is 25.9 Å². The molecule has 0 bridgehead atoms. The Kier molecular flexibility index (Phi) is 5.17. The maximum Gasteiger partial charge on any atom is 0.240 e. The number of aromatic amines is 1. The SMILES string of the molecule is C/C(=N\Nc1nc(SCc2ccc(F)cc2)n[nH]1)c1ccccn1. The van der Waals surface area contributed by atoms with Crippen molar-refractivity contribution < 1.29 is 4.39 Å². The number of nitrogens with one attached hydrogen (secondary N) is 2. The highest BCUT2D eigenvalue weighted by molar-refractivity contribution is 7.98. The maximum absolute atomic E-state index is 12.9. The molecule has 6 nitrogen and oxygen atoms in total. The van der Waals surface area contributed by atoms with E-state index in [-0.39, 0.29) is 5.82 Å². The molecule has 0 radical (unpaired) electrons. The molecule has 0 saturated heterocycles. The lowest BCUT2D eigenvalue weighted by Crippen LogP contribution is -2.02. The number of anilines is 1. The smallest absolute Gasteiger partial charge is 0.240 e. The minimum Gasteiger partial charge on any atom is -0.255 e. The third-order valence-corrected chi connectivity index (χ3v) is 4.03. The molecule has 2 heterocycles. The summed E-state index contributed by atoms with van der Waals surface area (Å²) in [5, 5.41) is 11.7. The van der Waals surface area contributed by atoms with Gasteiger partial charge in [0.25, 0.3) is 0 Å². The molecule has 0 amide bonds. The van der Waals surface area contributed by atoms with Gasteiger partial charge in [-0.3, -0.25) is 4.98 Å². The first kappa shape index (κ1) is 16.1. The molecule has 0 aliphatic rings. The van der Waals surface area contributed by atoms with Crippen molar-refractivity contribution in [1.82, 2.24) is 20.2 Å². The van der Waals surface area contributed by atoms with Crippen LogP contribution in [0.25, 0.3) is 0 Å². The fourth-order valence-electron chi connectivity index (χ4n) is 1.86. The molecular weight excluding hydrogens is 327 g/mol. The zero-order valence-electron chi connectivity index (χ0n) is 12.9. The molecule has 0 unspecified atom stereocenters. The van der Waals surface area contributed by atoms with Gasteiger partial charge < -0.3 is 0 Å². The fourth-order valence-corrected chi connectivity index (χ4v) is 2.61. The number of hydrogen-bond donors (Lipinski definition) is 2. The Balaban J connectivity index is 1.56. The van der Waals surface area contributed by atoms with E-state index in [2.05, 4.69) is 30.7 Å². The summed E-state index contributed by atoms with van der Waals surface area (Å²) in [6.45, 7) is 1.86. The summed E-state index contributed by atoms with van der Waals surface area (Å²) in [4.78, 5) is 8.51. The van der Waals surface area contributed by atoms with Gasteiger partial charge >= 0.3 is 0 Å². The second kappa shape index (κ2) is 7.69. The van der Waals surface area contributed by atoms with Crippen molar-refractivity contribution in [2.75, 3.05) is 5.43 Å². The summed E-state index contributed by atoms with van der Waals surface area (Å²) >= 11 is 1.45. The predicted molar refractivity (Wildman–Crippen MR) is 92.4 cm³/mol. The molecule has 8 heteroatoms. The van der Waals surface area contributed by atoms with E-state index >= 15 is 0 Å². The Morgan fingerprint density at radius 1 is 1.25 bits per heavy atom. The van der Waals surface area contributed by atoms with Gasteiger partial charge in [-0.25, -0.2) is 14.9 Å². The summed E-state index contributed by atoms with van der Waals surface area (Å²) in [7, 11) is 0. The number of benzene rings is 1. The molecule has 2 aromatic heterocycles. The Morgan fingerprint density at radius 2 is 2.08 bits per heavy atom. The third-order valence-electron chi connectivity index (χ3n) is 3.11. The largest absolute Gasteiger partial charge is 0.255 e. The van der Waals surface area contributed by atoms with E-state index in [0.717, 1.165) is 17.0 Å². The van der Waals surface area contributed by atoms with E-state index in [1.54, 1.807) is 18.3 Å². The molecule has 0 saturated carbocycles. The van der Waals surface area contributed by atoms with Crippen LogP contribution in [0.15, 0.2) is 58.9 Å². The Hall–Kier alpha value is -2.74. The van der Waals surface area contributed by atoms with Crippen LogP contribution in [0.2, 0.25) is 0 Å². The standard InChI is InChI=1S/C16H15FN6S/c1-11(14-4-2-3-9-18-14)20-21-15-19-16(23-22-15)24-10-12-5-7-13(17)8-6-12/h2-9H,10H2,1H3,(H2,19,21,22,23)/b20-11+. The molecule has 0 aliphatic heterocycles. The molecule has 0 fully saturated rings. The molecule has 3 rings (SSSR count). The zero-order valence-corrected chi connectivity index (χ0v) is 13.7. The van der Waals surface area contributed by atoms with Crippen LogP contribution in [0.5, 0.6) is 0 Å². The van der Waals surface area contributed by atoms with Crippen LogP contribution in [0, 0.1) is 5.82 Å². The van der Waals surface area contributed by atoms with Gasteiger partial charge in [-0.1, -0.05) is 30.0 Å². The molecule has 3 aromatic rings. The van der Waals surface area contributed by atoms with Crippen molar-refractivity contribution in [1.29, 1.82) is 0 Å². The van der Waals surface area contributed by atoms with Crippen molar-refractivity contribution in [3.05, 3.63) is 65.7 Å². The maximum atomic E-state index is 12.9. The van der Waals surface area contributed by atoms with E-state index in [4.69, 9.17) is 0 Å². The third kappa shape index (κ3) is 4.39. The number of halogens is 1. The summed E-state index contributed by atoms with van der Waals surface area (Å²) < 4.78 is 12.9.